The lowest BCUT2D eigenvalue weighted by atomic mass is 9.99. The number of aromatic amines is 1. The molecule has 0 aliphatic carbocycles. The zero-order valence-electron chi connectivity index (χ0n) is 10.2. The molecule has 0 aliphatic rings. The molecule has 19 heavy (non-hydrogen) atoms. The molecule has 2 N–H and O–H groups in total. The predicted octanol–water partition coefficient (Wildman–Crippen LogP) is 2.53. The summed E-state index contributed by atoms with van der Waals surface area (Å²) in [6.45, 7) is 1.43. The van der Waals surface area contributed by atoms with E-state index in [9.17, 15) is 9.90 Å². The van der Waals surface area contributed by atoms with E-state index in [0.717, 1.165) is 5.56 Å². The van der Waals surface area contributed by atoms with Gasteiger partial charge < -0.3 is 5.11 Å². The molecule has 0 fully saturated rings. The molecule has 0 aliphatic heterocycles. The lowest BCUT2D eigenvalue weighted by Gasteiger charge is -2.08. The van der Waals surface area contributed by atoms with E-state index in [1.807, 2.05) is 18.2 Å². The second-order valence-electron chi connectivity index (χ2n) is 4.25. The van der Waals surface area contributed by atoms with Gasteiger partial charge in [-0.15, -0.1) is 0 Å². The fourth-order valence-corrected chi connectivity index (χ4v) is 2.13. The SMILES string of the molecule is CC(=O)c1cccc(-c2cccc3n[nH]nc23)c1O. The number of para-hydroxylation sites is 2. The van der Waals surface area contributed by atoms with E-state index in [-0.39, 0.29) is 11.5 Å². The monoisotopic (exact) mass is 253 g/mol. The Balaban J connectivity index is 2.30. The van der Waals surface area contributed by atoms with E-state index in [2.05, 4.69) is 15.4 Å². The third kappa shape index (κ3) is 1.76. The number of ketones is 1. The van der Waals surface area contributed by atoms with Crippen LogP contribution in [-0.2, 0) is 0 Å². The fourth-order valence-electron chi connectivity index (χ4n) is 2.13. The number of phenolic OH excluding ortho intramolecular Hbond substituents is 1. The summed E-state index contributed by atoms with van der Waals surface area (Å²) in [5, 5.41) is 20.9. The molecule has 0 radical (unpaired) electrons. The third-order valence-electron chi connectivity index (χ3n) is 3.05. The van der Waals surface area contributed by atoms with Crippen LogP contribution in [0.4, 0.5) is 0 Å². The van der Waals surface area contributed by atoms with E-state index >= 15 is 0 Å². The molecular formula is C14H11N3O2. The van der Waals surface area contributed by atoms with Gasteiger partial charge in [0.25, 0.3) is 0 Å². The van der Waals surface area contributed by atoms with Crippen LogP contribution < -0.4 is 0 Å². The van der Waals surface area contributed by atoms with Crippen LogP contribution in [-0.4, -0.2) is 26.3 Å². The van der Waals surface area contributed by atoms with E-state index in [4.69, 9.17) is 0 Å². The van der Waals surface area contributed by atoms with E-state index < -0.39 is 0 Å². The number of phenols is 1. The van der Waals surface area contributed by atoms with Crippen LogP contribution in [0.1, 0.15) is 17.3 Å². The highest BCUT2D eigenvalue weighted by atomic mass is 16.3. The van der Waals surface area contributed by atoms with Crippen molar-refractivity contribution < 1.29 is 9.90 Å². The number of hydrogen-bond donors (Lipinski definition) is 2. The molecule has 5 heteroatoms. The Hall–Kier alpha value is -2.69. The maximum absolute atomic E-state index is 11.5. The maximum atomic E-state index is 11.5. The molecule has 0 atom stereocenters. The van der Waals surface area contributed by atoms with Gasteiger partial charge >= 0.3 is 0 Å². The minimum Gasteiger partial charge on any atom is -0.507 e. The second-order valence-corrected chi connectivity index (χ2v) is 4.25. The van der Waals surface area contributed by atoms with Crippen LogP contribution >= 0.6 is 0 Å². The highest BCUT2D eigenvalue weighted by molar-refractivity contribution is 6.01. The molecule has 0 unspecified atom stereocenters. The van der Waals surface area contributed by atoms with Gasteiger partial charge in [-0.05, 0) is 19.1 Å². The first-order valence-corrected chi connectivity index (χ1v) is 5.81. The smallest absolute Gasteiger partial charge is 0.163 e. The molecule has 0 saturated heterocycles. The van der Waals surface area contributed by atoms with Crippen LogP contribution in [0.25, 0.3) is 22.2 Å². The zero-order valence-corrected chi connectivity index (χ0v) is 10.2. The number of rotatable bonds is 2. The van der Waals surface area contributed by atoms with Crippen molar-refractivity contribution in [3.05, 3.63) is 42.0 Å². The molecule has 2 aromatic carbocycles. The molecular weight excluding hydrogens is 242 g/mol. The number of nitrogens with one attached hydrogen (secondary N) is 1. The van der Waals surface area contributed by atoms with Crippen LogP contribution in [0.3, 0.4) is 0 Å². The minimum atomic E-state index is -0.174. The first kappa shape index (κ1) is 11.4. The summed E-state index contributed by atoms with van der Waals surface area (Å²) in [7, 11) is 0. The number of Topliss-reactive ketones (excluding diaryl/α,β-unsaturated/α-hetero) is 1. The molecule has 0 bridgehead atoms. The van der Waals surface area contributed by atoms with Gasteiger partial charge in [-0.25, -0.2) is 0 Å². The summed E-state index contributed by atoms with van der Waals surface area (Å²) < 4.78 is 0. The molecule has 3 aromatic rings. The number of carbonyl (C=O) groups is 1. The zero-order chi connectivity index (χ0) is 13.4. The van der Waals surface area contributed by atoms with Crippen LogP contribution in [0.5, 0.6) is 5.75 Å². The number of aromatic nitrogens is 3. The summed E-state index contributed by atoms with van der Waals surface area (Å²) in [4.78, 5) is 11.5. The Labute approximate surface area is 108 Å². The van der Waals surface area contributed by atoms with Crippen molar-refractivity contribution in [2.24, 2.45) is 0 Å². The van der Waals surface area contributed by atoms with Gasteiger partial charge in [0.05, 0.1) is 5.56 Å². The average Bonchev–Trinajstić information content (AvgIpc) is 2.87. The first-order valence-electron chi connectivity index (χ1n) is 5.81. The first-order chi connectivity index (χ1) is 9.18. The van der Waals surface area contributed by atoms with Crippen LogP contribution in [0.15, 0.2) is 36.4 Å². The summed E-state index contributed by atoms with van der Waals surface area (Å²) >= 11 is 0. The van der Waals surface area contributed by atoms with Crippen LogP contribution in [0, 0.1) is 0 Å². The van der Waals surface area contributed by atoms with E-state index in [1.165, 1.54) is 6.92 Å². The molecule has 5 nitrogen and oxygen atoms in total. The lowest BCUT2D eigenvalue weighted by Crippen LogP contribution is -1.94. The lowest BCUT2D eigenvalue weighted by molar-refractivity contribution is 0.101. The number of nitrogens with zero attached hydrogens (tertiary/aromatic N) is 2. The molecule has 3 rings (SSSR count). The summed E-state index contributed by atoms with van der Waals surface area (Å²) in [6.07, 6.45) is 0. The highest BCUT2D eigenvalue weighted by Gasteiger charge is 2.15. The van der Waals surface area contributed by atoms with Gasteiger partial charge in [-0.3, -0.25) is 4.79 Å². The quantitative estimate of drug-likeness (QED) is 0.688. The van der Waals surface area contributed by atoms with E-state index in [0.29, 0.717) is 22.2 Å². The Bertz CT molecular complexity index is 777. The number of carbonyl (C=O) groups excluding carboxylic acids is 1. The number of fused-ring (bicyclic) bond motifs is 1. The van der Waals surface area contributed by atoms with Crippen LogP contribution in [0.2, 0.25) is 0 Å². The molecule has 1 aromatic heterocycles. The van der Waals surface area contributed by atoms with Gasteiger partial charge in [0.1, 0.15) is 16.8 Å². The Kier molecular flexibility index (Phi) is 2.52. The van der Waals surface area contributed by atoms with Crippen molar-refractivity contribution in [1.82, 2.24) is 15.4 Å². The maximum Gasteiger partial charge on any atom is 0.163 e. The fraction of sp³-hybridized carbons (Fsp3) is 0.0714. The number of H-pyrrole nitrogens is 1. The normalized spacial score (nSPS) is 10.8. The molecule has 94 valence electrons. The number of benzene rings is 2. The Morgan fingerprint density at radius 1 is 1.11 bits per heavy atom. The van der Waals surface area contributed by atoms with Gasteiger partial charge in [0.2, 0.25) is 0 Å². The average molecular weight is 253 g/mol. The van der Waals surface area contributed by atoms with Gasteiger partial charge in [-0.2, -0.15) is 15.4 Å². The Morgan fingerprint density at radius 3 is 2.63 bits per heavy atom. The third-order valence-corrected chi connectivity index (χ3v) is 3.05. The van der Waals surface area contributed by atoms with Crippen molar-refractivity contribution in [3.8, 4) is 16.9 Å². The van der Waals surface area contributed by atoms with Gasteiger partial charge in [0, 0.05) is 11.1 Å². The van der Waals surface area contributed by atoms with Gasteiger partial charge in [0.15, 0.2) is 5.78 Å². The molecule has 0 amide bonds. The summed E-state index contributed by atoms with van der Waals surface area (Å²) in [5.41, 5.74) is 3.00. The number of hydrogen-bond acceptors (Lipinski definition) is 4. The largest absolute Gasteiger partial charge is 0.507 e. The predicted molar refractivity (Wildman–Crippen MR) is 71.0 cm³/mol. The van der Waals surface area contributed by atoms with Gasteiger partial charge in [-0.1, -0.05) is 24.3 Å². The van der Waals surface area contributed by atoms with Crippen molar-refractivity contribution in [1.29, 1.82) is 0 Å². The molecule has 0 saturated carbocycles. The molecule has 1 heterocycles. The van der Waals surface area contributed by atoms with Crippen molar-refractivity contribution >= 4 is 16.8 Å². The van der Waals surface area contributed by atoms with Crippen molar-refractivity contribution in [2.75, 3.05) is 0 Å². The van der Waals surface area contributed by atoms with E-state index in [1.54, 1.807) is 18.2 Å². The van der Waals surface area contributed by atoms with Crippen molar-refractivity contribution in [2.45, 2.75) is 6.92 Å². The highest BCUT2D eigenvalue weighted by Crippen LogP contribution is 2.35. The standard InChI is InChI=1S/C14H11N3O2/c1-8(18)9-4-2-6-11(14(9)19)10-5-3-7-12-13(10)16-17-15-12/h2-7,19H,1H3,(H,15,16,17). The number of aromatic hydroxyl groups is 1. The Morgan fingerprint density at radius 2 is 1.84 bits per heavy atom. The topological polar surface area (TPSA) is 78.9 Å². The summed E-state index contributed by atoms with van der Waals surface area (Å²) in [5.74, 6) is -0.197. The summed E-state index contributed by atoms with van der Waals surface area (Å²) in [6, 6.07) is 10.6. The van der Waals surface area contributed by atoms with Crippen molar-refractivity contribution in [3.63, 3.8) is 0 Å². The molecule has 0 spiro atoms. The second kappa shape index (κ2) is 4.20. The minimum absolute atomic E-state index is 0.0227.